The van der Waals surface area contributed by atoms with Gasteiger partial charge in [0.05, 0.1) is 18.8 Å². The normalized spacial score (nSPS) is 34.2. The van der Waals surface area contributed by atoms with E-state index in [2.05, 4.69) is 4.98 Å². The van der Waals surface area contributed by atoms with Crippen LogP contribution in [0.15, 0.2) is 18.6 Å². The van der Waals surface area contributed by atoms with Crippen molar-refractivity contribution in [3.8, 4) is 0 Å². The number of anilines is 1. The predicted molar refractivity (Wildman–Crippen MR) is 53.8 cm³/mol. The third-order valence-corrected chi connectivity index (χ3v) is 2.66. The van der Waals surface area contributed by atoms with E-state index in [0.29, 0.717) is 5.82 Å². The monoisotopic (exact) mass is 227 g/mol. The highest BCUT2D eigenvalue weighted by atomic mass is 16.5. The van der Waals surface area contributed by atoms with Crippen molar-refractivity contribution in [2.45, 2.75) is 24.5 Å². The Hall–Kier alpha value is -1.28. The van der Waals surface area contributed by atoms with Gasteiger partial charge in [-0.25, -0.2) is 4.57 Å². The number of hydrogen-bond donors (Lipinski definition) is 4. The molecule has 2 heterocycles. The molecule has 1 aromatic heterocycles. The second kappa shape index (κ2) is 4.30. The Morgan fingerprint density at radius 2 is 2.31 bits per heavy atom. The quantitative estimate of drug-likeness (QED) is 0.416. The summed E-state index contributed by atoms with van der Waals surface area (Å²) in [5.41, 5.74) is 11.1. The van der Waals surface area contributed by atoms with Crippen LogP contribution in [0.5, 0.6) is 0 Å². The van der Waals surface area contributed by atoms with Gasteiger partial charge >= 0.3 is 0 Å². The number of nitrogens with zero attached hydrogens (tertiary/aromatic N) is 2. The van der Waals surface area contributed by atoms with Crippen LogP contribution in [0.3, 0.4) is 0 Å². The van der Waals surface area contributed by atoms with Crippen LogP contribution in [0.2, 0.25) is 0 Å². The third kappa shape index (κ3) is 1.85. The predicted octanol–water partition coefficient (Wildman–Crippen LogP) is -2.47. The van der Waals surface area contributed by atoms with E-state index in [-0.39, 0.29) is 6.61 Å². The molecule has 0 saturated carbocycles. The highest BCUT2D eigenvalue weighted by molar-refractivity contribution is 5.21. The molecule has 1 aliphatic rings. The summed E-state index contributed by atoms with van der Waals surface area (Å²) >= 11 is 0. The Morgan fingerprint density at radius 3 is 2.81 bits per heavy atom. The highest BCUT2D eigenvalue weighted by Gasteiger charge is 2.44. The number of nitrogens with two attached hydrogens (primary N) is 2. The molecule has 6 N–H and O–H groups in total. The zero-order valence-electron chi connectivity index (χ0n) is 8.60. The van der Waals surface area contributed by atoms with Crippen molar-refractivity contribution < 1.29 is 19.5 Å². The van der Waals surface area contributed by atoms with Crippen LogP contribution < -0.4 is 16.0 Å². The van der Waals surface area contributed by atoms with E-state index in [1.54, 1.807) is 16.8 Å². The molecule has 1 aliphatic heterocycles. The summed E-state index contributed by atoms with van der Waals surface area (Å²) in [6.45, 7) is -0.225. The number of ether oxygens (including phenoxy) is 1. The lowest BCUT2D eigenvalue weighted by molar-refractivity contribution is -0.767. The Labute approximate surface area is 92.3 Å². The highest BCUT2D eigenvalue weighted by Crippen LogP contribution is 2.23. The summed E-state index contributed by atoms with van der Waals surface area (Å²) in [5.74, 6) is 0.381. The number of aliphatic hydroxyl groups is 2. The van der Waals surface area contributed by atoms with Crippen molar-refractivity contribution in [1.29, 1.82) is 0 Å². The molecule has 0 radical (unpaired) electrons. The summed E-state index contributed by atoms with van der Waals surface area (Å²) in [4.78, 5) is 3.88. The SMILES string of the molecule is Nc1cc[n+]([C@@H]2O[C@H](CO)[C@H](N)C2O)cn1. The van der Waals surface area contributed by atoms with Gasteiger partial charge in [-0.05, 0) is 4.98 Å². The molecule has 1 saturated heterocycles. The molecule has 2 rings (SSSR count). The smallest absolute Gasteiger partial charge is 0.290 e. The van der Waals surface area contributed by atoms with Crippen molar-refractivity contribution in [1.82, 2.24) is 4.98 Å². The van der Waals surface area contributed by atoms with Gasteiger partial charge in [0, 0.05) is 6.07 Å². The second-order valence-electron chi connectivity index (χ2n) is 3.75. The Kier molecular flexibility index (Phi) is 3.01. The zero-order valence-corrected chi connectivity index (χ0v) is 8.60. The number of aliphatic hydroxyl groups excluding tert-OH is 2. The van der Waals surface area contributed by atoms with E-state index >= 15 is 0 Å². The Balaban J connectivity index is 2.19. The largest absolute Gasteiger partial charge is 0.394 e. The first-order chi connectivity index (χ1) is 7.63. The van der Waals surface area contributed by atoms with Crippen LogP contribution in [-0.2, 0) is 4.74 Å². The molecule has 0 bridgehead atoms. The maximum Gasteiger partial charge on any atom is 0.290 e. The van der Waals surface area contributed by atoms with E-state index in [4.69, 9.17) is 21.3 Å². The minimum absolute atomic E-state index is 0.225. The summed E-state index contributed by atoms with van der Waals surface area (Å²) in [7, 11) is 0. The van der Waals surface area contributed by atoms with Crippen molar-refractivity contribution in [2.75, 3.05) is 12.3 Å². The van der Waals surface area contributed by atoms with Crippen LogP contribution in [0.4, 0.5) is 5.82 Å². The molecule has 0 aliphatic carbocycles. The topological polar surface area (TPSA) is 118 Å². The zero-order chi connectivity index (χ0) is 11.7. The van der Waals surface area contributed by atoms with Crippen molar-refractivity contribution >= 4 is 5.82 Å². The van der Waals surface area contributed by atoms with Crippen LogP contribution in [0.1, 0.15) is 6.23 Å². The van der Waals surface area contributed by atoms with Gasteiger partial charge < -0.3 is 26.4 Å². The molecule has 1 fully saturated rings. The molecule has 7 nitrogen and oxygen atoms in total. The molecular formula is C9H15N4O3+. The summed E-state index contributed by atoms with van der Waals surface area (Å²) < 4.78 is 6.98. The number of rotatable bonds is 2. The molecule has 7 heteroatoms. The first kappa shape index (κ1) is 11.2. The van der Waals surface area contributed by atoms with Gasteiger partial charge in [0.1, 0.15) is 12.2 Å². The minimum Gasteiger partial charge on any atom is -0.394 e. The van der Waals surface area contributed by atoms with Gasteiger partial charge in [-0.15, -0.1) is 0 Å². The standard InChI is InChI=1S/C9H14N4O3/c10-6-1-2-13(4-12-6)9-8(15)7(11)5(3-14)16-9/h1-2,4-5,7-10,14-15H,3,11H2/p+1/t5-,7+,8?,9-/m1/s1. The van der Waals surface area contributed by atoms with Gasteiger partial charge in [-0.1, -0.05) is 0 Å². The molecule has 1 unspecified atom stereocenters. The van der Waals surface area contributed by atoms with Crippen LogP contribution in [-0.4, -0.2) is 40.1 Å². The molecular weight excluding hydrogens is 212 g/mol. The van der Waals surface area contributed by atoms with Crippen LogP contribution in [0.25, 0.3) is 0 Å². The lowest BCUT2D eigenvalue weighted by atomic mass is 10.1. The Morgan fingerprint density at radius 1 is 1.56 bits per heavy atom. The maximum absolute atomic E-state index is 9.84. The lowest BCUT2D eigenvalue weighted by Crippen LogP contribution is -2.48. The first-order valence-corrected chi connectivity index (χ1v) is 4.95. The average molecular weight is 227 g/mol. The fraction of sp³-hybridized carbons (Fsp3) is 0.556. The van der Waals surface area contributed by atoms with Crippen molar-refractivity contribution in [3.05, 3.63) is 18.6 Å². The first-order valence-electron chi connectivity index (χ1n) is 4.95. The van der Waals surface area contributed by atoms with Gasteiger partial charge in [0.15, 0.2) is 0 Å². The molecule has 16 heavy (non-hydrogen) atoms. The minimum atomic E-state index is -0.882. The average Bonchev–Trinajstić information content (AvgIpc) is 2.57. The fourth-order valence-corrected chi connectivity index (χ4v) is 1.70. The molecule has 1 aromatic rings. The Bertz CT molecular complexity index is 358. The summed E-state index contributed by atoms with van der Waals surface area (Å²) in [6.07, 6.45) is 1.01. The van der Waals surface area contributed by atoms with E-state index in [1.807, 2.05) is 0 Å². The van der Waals surface area contributed by atoms with Gasteiger partial charge in [-0.2, -0.15) is 0 Å². The van der Waals surface area contributed by atoms with E-state index in [9.17, 15) is 5.11 Å². The van der Waals surface area contributed by atoms with Gasteiger partial charge in [-0.3, -0.25) is 0 Å². The van der Waals surface area contributed by atoms with Crippen LogP contribution in [0, 0.1) is 0 Å². The number of nitrogen functional groups attached to an aromatic ring is 1. The van der Waals surface area contributed by atoms with Gasteiger partial charge in [0.2, 0.25) is 12.0 Å². The van der Waals surface area contributed by atoms with Gasteiger partial charge in [0.25, 0.3) is 6.33 Å². The van der Waals surface area contributed by atoms with E-state index < -0.39 is 24.5 Å². The number of aromatic nitrogens is 2. The second-order valence-corrected chi connectivity index (χ2v) is 3.75. The van der Waals surface area contributed by atoms with E-state index in [0.717, 1.165) is 0 Å². The number of hydrogen-bond acceptors (Lipinski definition) is 6. The molecule has 88 valence electrons. The summed E-state index contributed by atoms with van der Waals surface area (Å²) in [6, 6.07) is 0.980. The molecule has 0 spiro atoms. The lowest BCUT2D eigenvalue weighted by Gasteiger charge is -2.12. The fourth-order valence-electron chi connectivity index (χ4n) is 1.70. The van der Waals surface area contributed by atoms with Crippen molar-refractivity contribution in [2.24, 2.45) is 5.73 Å². The third-order valence-electron chi connectivity index (χ3n) is 2.66. The summed E-state index contributed by atoms with van der Waals surface area (Å²) in [5, 5.41) is 18.8. The van der Waals surface area contributed by atoms with Crippen molar-refractivity contribution in [3.63, 3.8) is 0 Å². The molecule has 0 aromatic carbocycles. The van der Waals surface area contributed by atoms with Crippen LogP contribution >= 0.6 is 0 Å². The molecule has 4 atom stereocenters. The molecule has 0 amide bonds. The van der Waals surface area contributed by atoms with E-state index in [1.165, 1.54) is 6.33 Å². The maximum atomic E-state index is 9.84.